The lowest BCUT2D eigenvalue weighted by Crippen LogP contribution is -2.41. The van der Waals surface area contributed by atoms with Gasteiger partial charge in [-0.3, -0.25) is 9.36 Å². The first-order valence-corrected chi connectivity index (χ1v) is 12.6. The van der Waals surface area contributed by atoms with Gasteiger partial charge in [0.15, 0.2) is 17.8 Å². The average Bonchev–Trinajstić information content (AvgIpc) is 3.40. The summed E-state index contributed by atoms with van der Waals surface area (Å²) in [5.41, 5.74) is -0.940. The molecule has 0 aliphatic carbocycles. The molecule has 4 rings (SSSR count). The number of hydrogen-bond acceptors (Lipinski definition) is 6. The van der Waals surface area contributed by atoms with Crippen LogP contribution in [0.5, 0.6) is 0 Å². The van der Waals surface area contributed by atoms with Gasteiger partial charge in [0, 0.05) is 16.1 Å². The summed E-state index contributed by atoms with van der Waals surface area (Å²) >= 11 is 12.3. The number of benzene rings is 2. The highest BCUT2D eigenvalue weighted by Gasteiger charge is 2.39. The lowest BCUT2D eigenvalue weighted by Gasteiger charge is -2.20. The van der Waals surface area contributed by atoms with E-state index in [2.05, 4.69) is 20.5 Å². The molecule has 2 heterocycles. The molecule has 1 atom stereocenters. The topological polar surface area (TPSA) is 120 Å². The monoisotopic (exact) mass is 597 g/mol. The third-order valence-electron chi connectivity index (χ3n) is 5.47. The normalized spacial score (nSPS) is 12.9. The van der Waals surface area contributed by atoms with Crippen LogP contribution >= 0.6 is 23.2 Å². The molecule has 0 unspecified atom stereocenters. The molecule has 0 aliphatic rings. The van der Waals surface area contributed by atoms with E-state index >= 15 is 0 Å². The Kier molecular flexibility index (Phi) is 8.11. The van der Waals surface area contributed by atoms with Crippen LogP contribution < -0.4 is 11.0 Å². The summed E-state index contributed by atoms with van der Waals surface area (Å²) in [5.74, 6) is -0.874. The van der Waals surface area contributed by atoms with Crippen molar-refractivity contribution in [2.45, 2.75) is 51.7 Å². The molecule has 212 valence electrons. The van der Waals surface area contributed by atoms with Crippen molar-refractivity contribution in [2.75, 3.05) is 0 Å². The van der Waals surface area contributed by atoms with Gasteiger partial charge in [0.05, 0.1) is 17.3 Å². The highest BCUT2D eigenvalue weighted by molar-refractivity contribution is 6.32. The molecule has 1 amide bonds. The number of hydrogen-bond donors (Lipinski definition) is 2. The number of nitrogens with zero attached hydrogens (tertiary/aromatic N) is 6. The zero-order valence-corrected chi connectivity index (χ0v) is 23.0. The molecule has 0 aliphatic heterocycles. The van der Waals surface area contributed by atoms with E-state index < -0.39 is 42.5 Å². The fourth-order valence-corrected chi connectivity index (χ4v) is 4.03. The van der Waals surface area contributed by atoms with E-state index in [-0.39, 0.29) is 28.1 Å². The van der Waals surface area contributed by atoms with Crippen molar-refractivity contribution < 1.29 is 23.1 Å². The molecule has 0 fully saturated rings. The number of aliphatic hydroxyl groups is 1. The van der Waals surface area contributed by atoms with E-state index in [0.717, 1.165) is 4.68 Å². The maximum Gasteiger partial charge on any atom is 0.416 e. The number of alkyl halides is 3. The Hall–Kier alpha value is -3.68. The van der Waals surface area contributed by atoms with Gasteiger partial charge in [-0.25, -0.2) is 19.1 Å². The van der Waals surface area contributed by atoms with Crippen LogP contribution in [0.1, 0.15) is 37.2 Å². The molecule has 10 nitrogen and oxygen atoms in total. The SMILES string of the molecule is CC(C)(C)NC(=O)c1nc(Cn2nc(-c3ccc(Cl)cc3)n(C[C@H](O)C(F)(F)F)c2=O)nn1-c1ccccc1Cl. The molecule has 0 spiro atoms. The van der Waals surface area contributed by atoms with E-state index in [9.17, 15) is 27.9 Å². The summed E-state index contributed by atoms with van der Waals surface area (Å²) < 4.78 is 42.3. The van der Waals surface area contributed by atoms with Gasteiger partial charge < -0.3 is 10.4 Å². The number of aromatic nitrogens is 6. The maximum absolute atomic E-state index is 13.2. The van der Waals surface area contributed by atoms with Crippen LogP contribution in [0.2, 0.25) is 10.0 Å². The Labute approximate surface area is 236 Å². The highest BCUT2D eigenvalue weighted by Crippen LogP contribution is 2.25. The summed E-state index contributed by atoms with van der Waals surface area (Å²) in [6.07, 6.45) is -7.79. The van der Waals surface area contributed by atoms with Gasteiger partial charge in [0.25, 0.3) is 5.91 Å². The van der Waals surface area contributed by atoms with Crippen molar-refractivity contribution in [2.24, 2.45) is 0 Å². The Morgan fingerprint density at radius 3 is 2.30 bits per heavy atom. The van der Waals surface area contributed by atoms with Crippen molar-refractivity contribution in [3.05, 3.63) is 80.7 Å². The number of carbonyl (C=O) groups is 1. The molecule has 0 saturated heterocycles. The van der Waals surface area contributed by atoms with Gasteiger partial charge in [-0.05, 0) is 57.2 Å². The molecule has 0 radical (unpaired) electrons. The van der Waals surface area contributed by atoms with Gasteiger partial charge >= 0.3 is 11.9 Å². The molecular formula is C25H24Cl2F3N7O3. The van der Waals surface area contributed by atoms with E-state index in [1.54, 1.807) is 45.0 Å². The Bertz CT molecular complexity index is 1590. The first-order chi connectivity index (χ1) is 18.6. The van der Waals surface area contributed by atoms with Crippen LogP contribution in [0.3, 0.4) is 0 Å². The fourth-order valence-electron chi connectivity index (χ4n) is 3.69. The third kappa shape index (κ3) is 6.54. The first kappa shape index (κ1) is 29.3. The lowest BCUT2D eigenvalue weighted by molar-refractivity contribution is -0.207. The smallest absolute Gasteiger partial charge is 0.382 e. The van der Waals surface area contributed by atoms with Crippen LogP contribution in [0.15, 0.2) is 53.3 Å². The van der Waals surface area contributed by atoms with Crippen LogP contribution in [0.25, 0.3) is 17.1 Å². The molecule has 0 saturated carbocycles. The summed E-state index contributed by atoms with van der Waals surface area (Å²) in [7, 11) is 0. The minimum Gasteiger partial charge on any atom is -0.382 e. The Morgan fingerprint density at radius 1 is 1.05 bits per heavy atom. The highest BCUT2D eigenvalue weighted by atomic mass is 35.5. The summed E-state index contributed by atoms with van der Waals surface area (Å²) in [4.78, 5) is 30.6. The lowest BCUT2D eigenvalue weighted by atomic mass is 10.1. The molecule has 2 N–H and O–H groups in total. The van der Waals surface area contributed by atoms with E-state index in [4.69, 9.17) is 23.2 Å². The molecule has 2 aromatic heterocycles. The number of nitrogens with one attached hydrogen (secondary N) is 1. The van der Waals surface area contributed by atoms with Crippen LogP contribution in [-0.4, -0.2) is 57.9 Å². The second-order valence-electron chi connectivity index (χ2n) is 9.86. The van der Waals surface area contributed by atoms with Crippen molar-refractivity contribution in [3.63, 3.8) is 0 Å². The fraction of sp³-hybridized carbons (Fsp3) is 0.320. The molecule has 2 aromatic carbocycles. The van der Waals surface area contributed by atoms with Gasteiger partial charge in [-0.1, -0.05) is 35.3 Å². The van der Waals surface area contributed by atoms with E-state index in [1.165, 1.54) is 28.9 Å². The predicted octanol–water partition coefficient (Wildman–Crippen LogP) is 4.10. The number of para-hydroxylation sites is 1. The third-order valence-corrected chi connectivity index (χ3v) is 6.04. The Balaban J connectivity index is 1.80. The second kappa shape index (κ2) is 11.1. The quantitative estimate of drug-likeness (QED) is 0.331. The standard InChI is InChI=1S/C25H24Cl2F3N7O3/c1-24(2,3)32-22(39)21-31-19(33-37(21)17-7-5-4-6-16(17)27)13-36-23(40)35(12-18(38)25(28,29)30)20(34-36)14-8-10-15(26)11-9-14/h4-11,18,38H,12-13H2,1-3H3,(H,32,39)/t18-/m0/s1. The minimum absolute atomic E-state index is 0.0373. The number of halogens is 5. The molecule has 15 heteroatoms. The molecule has 4 aromatic rings. The largest absolute Gasteiger partial charge is 0.416 e. The van der Waals surface area contributed by atoms with Gasteiger partial charge in [0.1, 0.15) is 6.54 Å². The van der Waals surface area contributed by atoms with Gasteiger partial charge in [-0.2, -0.15) is 13.2 Å². The zero-order valence-electron chi connectivity index (χ0n) is 21.4. The van der Waals surface area contributed by atoms with Crippen LogP contribution in [-0.2, 0) is 13.1 Å². The molecule has 40 heavy (non-hydrogen) atoms. The van der Waals surface area contributed by atoms with Crippen molar-refractivity contribution in [1.29, 1.82) is 0 Å². The maximum atomic E-state index is 13.2. The number of rotatable bonds is 7. The van der Waals surface area contributed by atoms with Crippen molar-refractivity contribution >= 4 is 29.1 Å². The van der Waals surface area contributed by atoms with Crippen LogP contribution in [0.4, 0.5) is 13.2 Å². The summed E-state index contributed by atoms with van der Waals surface area (Å²) in [5, 5.41) is 21.7. The average molecular weight is 598 g/mol. The number of aliphatic hydroxyl groups excluding tert-OH is 1. The van der Waals surface area contributed by atoms with Crippen LogP contribution in [0, 0.1) is 0 Å². The summed E-state index contributed by atoms with van der Waals surface area (Å²) in [6.45, 7) is 3.84. The van der Waals surface area contributed by atoms with E-state index in [1.807, 2.05) is 0 Å². The van der Waals surface area contributed by atoms with Gasteiger partial charge in [-0.15, -0.1) is 10.2 Å². The zero-order chi connectivity index (χ0) is 29.4. The second-order valence-corrected chi connectivity index (χ2v) is 10.7. The molecular weight excluding hydrogens is 574 g/mol. The first-order valence-electron chi connectivity index (χ1n) is 11.9. The molecule has 0 bridgehead atoms. The predicted molar refractivity (Wildman–Crippen MR) is 142 cm³/mol. The number of carbonyl (C=O) groups excluding carboxylic acids is 1. The number of amides is 1. The summed E-state index contributed by atoms with van der Waals surface area (Å²) in [6, 6.07) is 12.5. The Morgan fingerprint density at radius 2 is 1.70 bits per heavy atom. The van der Waals surface area contributed by atoms with Crippen molar-refractivity contribution in [3.8, 4) is 17.1 Å². The van der Waals surface area contributed by atoms with E-state index in [0.29, 0.717) is 15.3 Å². The van der Waals surface area contributed by atoms with Gasteiger partial charge in [0.2, 0.25) is 5.82 Å². The van der Waals surface area contributed by atoms with Crippen molar-refractivity contribution in [1.82, 2.24) is 34.4 Å². The minimum atomic E-state index is -4.97.